The van der Waals surface area contributed by atoms with Gasteiger partial charge in [-0.25, -0.2) is 9.97 Å². The predicted octanol–water partition coefficient (Wildman–Crippen LogP) is 3.14. The molecule has 0 aliphatic carbocycles. The van der Waals surface area contributed by atoms with E-state index in [9.17, 15) is 4.79 Å². The SMILES string of the molecule is O=C(Nc1cc(-c2cncc(NCc3cccnc3)n2)c(Cl)cn1)[C@@H]1CCCNC1. The topological polar surface area (TPSA) is 105 Å². The fourth-order valence-electron chi connectivity index (χ4n) is 3.28. The van der Waals surface area contributed by atoms with E-state index in [1.165, 1.54) is 6.20 Å². The average molecular weight is 424 g/mol. The van der Waals surface area contributed by atoms with Crippen LogP contribution in [0.1, 0.15) is 18.4 Å². The number of rotatable bonds is 6. The first kappa shape index (κ1) is 20.2. The van der Waals surface area contributed by atoms with Crippen LogP contribution in [0.4, 0.5) is 11.6 Å². The molecule has 30 heavy (non-hydrogen) atoms. The van der Waals surface area contributed by atoms with E-state index < -0.39 is 0 Å². The van der Waals surface area contributed by atoms with E-state index in [4.69, 9.17) is 11.6 Å². The first-order valence-corrected chi connectivity index (χ1v) is 10.2. The number of pyridine rings is 2. The minimum atomic E-state index is -0.0560. The number of nitrogens with zero attached hydrogens (tertiary/aromatic N) is 4. The molecule has 3 N–H and O–H groups in total. The molecule has 0 unspecified atom stereocenters. The van der Waals surface area contributed by atoms with Gasteiger partial charge in [0.25, 0.3) is 0 Å². The van der Waals surface area contributed by atoms with Gasteiger partial charge < -0.3 is 16.0 Å². The van der Waals surface area contributed by atoms with E-state index in [1.807, 2.05) is 12.1 Å². The molecule has 3 aromatic heterocycles. The van der Waals surface area contributed by atoms with Gasteiger partial charge in [-0.15, -0.1) is 0 Å². The second-order valence-corrected chi connectivity index (χ2v) is 7.49. The molecule has 1 fully saturated rings. The van der Waals surface area contributed by atoms with Gasteiger partial charge in [0.05, 0.1) is 29.0 Å². The average Bonchev–Trinajstić information content (AvgIpc) is 2.80. The van der Waals surface area contributed by atoms with Crippen LogP contribution in [0.3, 0.4) is 0 Å². The molecule has 3 aromatic rings. The maximum absolute atomic E-state index is 12.5. The number of aromatic nitrogens is 4. The van der Waals surface area contributed by atoms with Crippen molar-refractivity contribution in [1.82, 2.24) is 25.3 Å². The van der Waals surface area contributed by atoms with Crippen molar-refractivity contribution in [2.45, 2.75) is 19.4 Å². The van der Waals surface area contributed by atoms with E-state index in [2.05, 4.69) is 35.9 Å². The van der Waals surface area contributed by atoms with Crippen LogP contribution in [-0.2, 0) is 11.3 Å². The number of hydrogen-bond acceptors (Lipinski definition) is 7. The molecule has 0 aromatic carbocycles. The van der Waals surface area contributed by atoms with E-state index in [0.29, 0.717) is 41.0 Å². The van der Waals surface area contributed by atoms with Crippen molar-refractivity contribution in [2.24, 2.45) is 5.92 Å². The summed E-state index contributed by atoms with van der Waals surface area (Å²) in [6, 6.07) is 5.59. The summed E-state index contributed by atoms with van der Waals surface area (Å²) in [7, 11) is 0. The summed E-state index contributed by atoms with van der Waals surface area (Å²) in [5.74, 6) is 0.962. The fourth-order valence-corrected chi connectivity index (χ4v) is 3.48. The number of halogens is 1. The Balaban J connectivity index is 1.49. The second-order valence-electron chi connectivity index (χ2n) is 7.09. The maximum atomic E-state index is 12.5. The molecule has 1 aliphatic rings. The zero-order valence-electron chi connectivity index (χ0n) is 16.3. The van der Waals surface area contributed by atoms with Crippen LogP contribution in [0, 0.1) is 5.92 Å². The molecular formula is C21H22ClN7O. The predicted molar refractivity (Wildman–Crippen MR) is 116 cm³/mol. The maximum Gasteiger partial charge on any atom is 0.229 e. The number of amides is 1. The lowest BCUT2D eigenvalue weighted by molar-refractivity contribution is -0.120. The highest BCUT2D eigenvalue weighted by molar-refractivity contribution is 6.33. The van der Waals surface area contributed by atoms with Crippen LogP contribution in [-0.4, -0.2) is 38.9 Å². The Morgan fingerprint density at radius 3 is 2.93 bits per heavy atom. The van der Waals surface area contributed by atoms with Crippen LogP contribution in [0.2, 0.25) is 5.02 Å². The minimum Gasteiger partial charge on any atom is -0.365 e. The van der Waals surface area contributed by atoms with Crippen molar-refractivity contribution in [3.05, 3.63) is 59.8 Å². The quantitative estimate of drug-likeness (QED) is 0.559. The lowest BCUT2D eigenvalue weighted by Crippen LogP contribution is -2.37. The number of nitrogens with one attached hydrogen (secondary N) is 3. The Bertz CT molecular complexity index is 1010. The number of anilines is 2. The van der Waals surface area contributed by atoms with Gasteiger partial charge in [-0.2, -0.15) is 0 Å². The Labute approximate surface area is 179 Å². The molecule has 0 spiro atoms. The van der Waals surface area contributed by atoms with E-state index in [1.54, 1.807) is 30.9 Å². The smallest absolute Gasteiger partial charge is 0.229 e. The minimum absolute atomic E-state index is 0.0408. The van der Waals surface area contributed by atoms with Crippen molar-refractivity contribution in [1.29, 1.82) is 0 Å². The van der Waals surface area contributed by atoms with Gasteiger partial charge in [-0.05, 0) is 37.1 Å². The van der Waals surface area contributed by atoms with E-state index in [0.717, 1.165) is 24.9 Å². The van der Waals surface area contributed by atoms with Crippen molar-refractivity contribution < 1.29 is 4.79 Å². The van der Waals surface area contributed by atoms with E-state index in [-0.39, 0.29) is 11.8 Å². The molecule has 154 valence electrons. The molecule has 8 nitrogen and oxygen atoms in total. The zero-order valence-corrected chi connectivity index (χ0v) is 17.1. The molecule has 4 heterocycles. The van der Waals surface area contributed by atoms with Gasteiger partial charge in [0.15, 0.2) is 0 Å². The highest BCUT2D eigenvalue weighted by atomic mass is 35.5. The monoisotopic (exact) mass is 423 g/mol. The van der Waals surface area contributed by atoms with Crippen molar-refractivity contribution in [3.63, 3.8) is 0 Å². The summed E-state index contributed by atoms with van der Waals surface area (Å²) >= 11 is 6.36. The molecular weight excluding hydrogens is 402 g/mol. The first-order valence-electron chi connectivity index (χ1n) is 9.81. The Morgan fingerprint density at radius 2 is 2.13 bits per heavy atom. The molecule has 9 heteroatoms. The number of carbonyl (C=O) groups is 1. The van der Waals surface area contributed by atoms with Gasteiger partial charge in [0.1, 0.15) is 11.6 Å². The summed E-state index contributed by atoms with van der Waals surface area (Å²) in [5, 5.41) is 9.80. The third-order valence-electron chi connectivity index (χ3n) is 4.88. The summed E-state index contributed by atoms with van der Waals surface area (Å²) in [6.45, 7) is 2.21. The summed E-state index contributed by atoms with van der Waals surface area (Å²) in [4.78, 5) is 29.7. The lowest BCUT2D eigenvalue weighted by atomic mass is 9.99. The van der Waals surface area contributed by atoms with Crippen molar-refractivity contribution in [2.75, 3.05) is 23.7 Å². The molecule has 1 aliphatic heterocycles. The van der Waals surface area contributed by atoms with Gasteiger partial charge in [0.2, 0.25) is 5.91 Å². The van der Waals surface area contributed by atoms with Gasteiger partial charge in [0, 0.05) is 37.2 Å². The summed E-state index contributed by atoms with van der Waals surface area (Å²) in [5.41, 5.74) is 2.28. The Hall–Kier alpha value is -3.10. The standard InChI is InChI=1S/C21H22ClN7O/c22-17-11-27-19(29-21(30)15-4-2-6-24-10-15)7-16(17)18-12-25-13-20(28-18)26-9-14-3-1-5-23-8-14/h1,3,5,7-8,11-13,15,24H,2,4,6,9-10H2,(H,26,28)(H,27,29,30)/t15-/m1/s1. The van der Waals surface area contributed by atoms with Crippen molar-refractivity contribution in [3.8, 4) is 11.3 Å². The van der Waals surface area contributed by atoms with Crippen LogP contribution in [0.5, 0.6) is 0 Å². The highest BCUT2D eigenvalue weighted by Gasteiger charge is 2.21. The summed E-state index contributed by atoms with van der Waals surface area (Å²) in [6.07, 6.45) is 10.2. The summed E-state index contributed by atoms with van der Waals surface area (Å²) < 4.78 is 0. The molecule has 1 saturated heterocycles. The van der Waals surface area contributed by atoms with Crippen LogP contribution in [0.25, 0.3) is 11.3 Å². The van der Waals surface area contributed by atoms with Gasteiger partial charge >= 0.3 is 0 Å². The highest BCUT2D eigenvalue weighted by Crippen LogP contribution is 2.28. The second kappa shape index (κ2) is 9.60. The molecule has 1 amide bonds. The molecule has 1 atom stereocenters. The molecule has 4 rings (SSSR count). The van der Waals surface area contributed by atoms with Gasteiger partial charge in [-0.3, -0.25) is 14.8 Å². The van der Waals surface area contributed by atoms with Crippen LogP contribution >= 0.6 is 11.6 Å². The number of piperidine rings is 1. The van der Waals surface area contributed by atoms with Crippen molar-refractivity contribution >= 4 is 29.1 Å². The number of hydrogen-bond donors (Lipinski definition) is 3. The third kappa shape index (κ3) is 5.08. The molecule has 0 bridgehead atoms. The normalized spacial score (nSPS) is 16.1. The molecule has 0 saturated carbocycles. The number of carbonyl (C=O) groups excluding carboxylic acids is 1. The fraction of sp³-hybridized carbons (Fsp3) is 0.286. The zero-order chi connectivity index (χ0) is 20.8. The van der Waals surface area contributed by atoms with Crippen LogP contribution in [0.15, 0.2) is 49.2 Å². The van der Waals surface area contributed by atoms with E-state index >= 15 is 0 Å². The molecule has 0 radical (unpaired) electrons. The lowest BCUT2D eigenvalue weighted by Gasteiger charge is -2.21. The Morgan fingerprint density at radius 1 is 1.20 bits per heavy atom. The first-order chi connectivity index (χ1) is 14.7. The third-order valence-corrected chi connectivity index (χ3v) is 5.18. The van der Waals surface area contributed by atoms with Gasteiger partial charge in [-0.1, -0.05) is 17.7 Å². The van der Waals surface area contributed by atoms with Crippen LogP contribution < -0.4 is 16.0 Å². The largest absolute Gasteiger partial charge is 0.365 e. The Kier molecular flexibility index (Phi) is 6.46.